The molecule has 2 N–H and O–H groups in total. The van der Waals surface area contributed by atoms with Gasteiger partial charge in [0.2, 0.25) is 11.7 Å². The van der Waals surface area contributed by atoms with Crippen LogP contribution in [0.25, 0.3) is 16.7 Å². The van der Waals surface area contributed by atoms with Gasteiger partial charge in [-0.1, -0.05) is 54.2 Å². The number of rotatable bonds is 9. The first-order chi connectivity index (χ1) is 15.1. The highest BCUT2D eigenvalue weighted by molar-refractivity contribution is 8.00. The van der Waals surface area contributed by atoms with Gasteiger partial charge in [0.1, 0.15) is 5.25 Å². The molecule has 0 aliphatic heterocycles. The SMILES string of the molecule is CCOCCCn1c(=O)c2ccccc2n2c(SC(C(N)=O)c3ccccc3)nnc12. The Balaban J connectivity index is 1.83. The molecule has 0 spiro atoms. The zero-order valence-corrected chi connectivity index (χ0v) is 17.9. The van der Waals surface area contributed by atoms with Crippen LogP contribution in [-0.2, 0) is 16.1 Å². The predicted octanol–water partition coefficient (Wildman–Crippen LogP) is 2.79. The molecule has 0 aliphatic rings. The molecule has 2 aromatic carbocycles. The van der Waals surface area contributed by atoms with Crippen molar-refractivity contribution < 1.29 is 9.53 Å². The van der Waals surface area contributed by atoms with Crippen LogP contribution < -0.4 is 11.3 Å². The fourth-order valence-electron chi connectivity index (χ4n) is 3.50. The van der Waals surface area contributed by atoms with E-state index < -0.39 is 11.2 Å². The van der Waals surface area contributed by atoms with Crippen LogP contribution in [0.4, 0.5) is 0 Å². The summed E-state index contributed by atoms with van der Waals surface area (Å²) in [5, 5.41) is 9.04. The predicted molar refractivity (Wildman–Crippen MR) is 120 cm³/mol. The number of carbonyl (C=O) groups is 1. The van der Waals surface area contributed by atoms with Crippen molar-refractivity contribution in [1.29, 1.82) is 0 Å². The van der Waals surface area contributed by atoms with Gasteiger partial charge < -0.3 is 10.5 Å². The fourth-order valence-corrected chi connectivity index (χ4v) is 4.50. The first-order valence-corrected chi connectivity index (χ1v) is 10.9. The molecule has 1 unspecified atom stereocenters. The number of carbonyl (C=O) groups excluding carboxylic acids is 1. The van der Waals surface area contributed by atoms with Crippen molar-refractivity contribution in [2.45, 2.75) is 30.3 Å². The van der Waals surface area contributed by atoms with Gasteiger partial charge in [0.15, 0.2) is 5.16 Å². The summed E-state index contributed by atoms with van der Waals surface area (Å²) in [4.78, 5) is 25.4. The molecule has 2 heterocycles. The molecule has 0 aliphatic carbocycles. The summed E-state index contributed by atoms with van der Waals surface area (Å²) < 4.78 is 8.85. The summed E-state index contributed by atoms with van der Waals surface area (Å²) in [6, 6.07) is 16.6. The molecule has 0 saturated carbocycles. The number of nitrogens with two attached hydrogens (primary N) is 1. The third-order valence-electron chi connectivity index (χ3n) is 4.94. The standard InChI is InChI=1S/C22H23N5O3S/c1-2-30-14-8-13-26-20(29)16-11-6-7-12-17(16)27-21(26)24-25-22(27)31-18(19(23)28)15-9-4-3-5-10-15/h3-7,9-12,18H,2,8,13-14H2,1H3,(H2,23,28). The molecular weight excluding hydrogens is 414 g/mol. The second kappa shape index (κ2) is 9.32. The smallest absolute Gasteiger partial charge is 0.262 e. The monoisotopic (exact) mass is 437 g/mol. The molecule has 1 amide bonds. The van der Waals surface area contributed by atoms with E-state index in [-0.39, 0.29) is 5.56 Å². The van der Waals surface area contributed by atoms with Gasteiger partial charge in [-0.3, -0.25) is 18.6 Å². The number of hydrogen-bond donors (Lipinski definition) is 1. The molecule has 1 atom stereocenters. The summed E-state index contributed by atoms with van der Waals surface area (Å²) >= 11 is 1.22. The van der Waals surface area contributed by atoms with Crippen molar-refractivity contribution in [3.05, 3.63) is 70.5 Å². The Morgan fingerprint density at radius 2 is 1.87 bits per heavy atom. The van der Waals surface area contributed by atoms with Crippen LogP contribution in [0.15, 0.2) is 64.5 Å². The van der Waals surface area contributed by atoms with Gasteiger partial charge in [-0.15, -0.1) is 10.2 Å². The molecule has 160 valence electrons. The number of primary amides is 1. The van der Waals surface area contributed by atoms with E-state index in [4.69, 9.17) is 10.5 Å². The minimum atomic E-state index is -0.634. The second-order valence-electron chi connectivity index (χ2n) is 6.95. The molecule has 4 aromatic rings. The van der Waals surface area contributed by atoms with E-state index in [1.807, 2.05) is 59.9 Å². The molecule has 0 bridgehead atoms. The lowest BCUT2D eigenvalue weighted by molar-refractivity contribution is -0.117. The third kappa shape index (κ3) is 4.19. The van der Waals surface area contributed by atoms with Crippen molar-refractivity contribution in [3.63, 3.8) is 0 Å². The maximum Gasteiger partial charge on any atom is 0.262 e. The highest BCUT2D eigenvalue weighted by atomic mass is 32.2. The summed E-state index contributed by atoms with van der Waals surface area (Å²) in [7, 11) is 0. The van der Waals surface area contributed by atoms with E-state index in [9.17, 15) is 9.59 Å². The number of aryl methyl sites for hydroxylation is 1. The lowest BCUT2D eigenvalue weighted by Crippen LogP contribution is -2.24. The Morgan fingerprint density at radius 1 is 1.13 bits per heavy atom. The highest BCUT2D eigenvalue weighted by Gasteiger charge is 2.24. The first-order valence-electron chi connectivity index (χ1n) is 10.1. The number of thioether (sulfide) groups is 1. The largest absolute Gasteiger partial charge is 0.382 e. The van der Waals surface area contributed by atoms with E-state index in [1.54, 1.807) is 10.6 Å². The van der Waals surface area contributed by atoms with Gasteiger partial charge >= 0.3 is 0 Å². The lowest BCUT2D eigenvalue weighted by atomic mass is 10.1. The lowest BCUT2D eigenvalue weighted by Gasteiger charge is -2.14. The van der Waals surface area contributed by atoms with Crippen LogP contribution in [-0.4, -0.2) is 38.3 Å². The number of ether oxygens (including phenoxy) is 1. The van der Waals surface area contributed by atoms with E-state index >= 15 is 0 Å². The van der Waals surface area contributed by atoms with Crippen LogP contribution in [0.2, 0.25) is 0 Å². The molecule has 8 nitrogen and oxygen atoms in total. The number of aromatic nitrogens is 4. The topological polar surface area (TPSA) is 105 Å². The van der Waals surface area contributed by atoms with Crippen molar-refractivity contribution in [1.82, 2.24) is 19.2 Å². The Bertz CT molecular complexity index is 1270. The average molecular weight is 438 g/mol. The Kier molecular flexibility index (Phi) is 6.34. The maximum absolute atomic E-state index is 13.1. The van der Waals surface area contributed by atoms with E-state index in [1.165, 1.54) is 11.8 Å². The molecule has 4 rings (SSSR count). The number of para-hydroxylation sites is 1. The molecule has 0 fully saturated rings. The number of hydrogen-bond acceptors (Lipinski definition) is 6. The number of amides is 1. The van der Waals surface area contributed by atoms with Gasteiger partial charge in [-0.25, -0.2) is 0 Å². The third-order valence-corrected chi connectivity index (χ3v) is 6.15. The van der Waals surface area contributed by atoms with Crippen LogP contribution in [0.3, 0.4) is 0 Å². The normalized spacial score (nSPS) is 12.4. The van der Waals surface area contributed by atoms with Crippen molar-refractivity contribution in [2.24, 2.45) is 5.73 Å². The Hall–Kier alpha value is -3.17. The van der Waals surface area contributed by atoms with Crippen molar-refractivity contribution in [2.75, 3.05) is 13.2 Å². The zero-order chi connectivity index (χ0) is 21.8. The summed E-state index contributed by atoms with van der Waals surface area (Å²) in [6.07, 6.45) is 0.672. The summed E-state index contributed by atoms with van der Waals surface area (Å²) in [5.74, 6) is -0.0405. The number of fused-ring (bicyclic) bond motifs is 3. The van der Waals surface area contributed by atoms with Gasteiger partial charge in [0, 0.05) is 19.8 Å². The Morgan fingerprint density at radius 3 is 2.61 bits per heavy atom. The van der Waals surface area contributed by atoms with Gasteiger partial charge in [0.05, 0.1) is 10.9 Å². The molecule has 0 saturated heterocycles. The minimum absolute atomic E-state index is 0.127. The van der Waals surface area contributed by atoms with Crippen LogP contribution in [0.1, 0.15) is 24.2 Å². The maximum atomic E-state index is 13.1. The van der Waals surface area contributed by atoms with Crippen LogP contribution in [0.5, 0.6) is 0 Å². The van der Waals surface area contributed by atoms with Crippen LogP contribution >= 0.6 is 11.8 Å². The van der Waals surface area contributed by atoms with E-state index in [0.717, 1.165) is 5.56 Å². The fraction of sp³-hybridized carbons (Fsp3) is 0.273. The van der Waals surface area contributed by atoms with Crippen LogP contribution in [0, 0.1) is 0 Å². The van der Waals surface area contributed by atoms with Crippen molar-refractivity contribution >= 4 is 34.3 Å². The highest BCUT2D eigenvalue weighted by Crippen LogP contribution is 2.35. The first kappa shape index (κ1) is 21.1. The summed E-state index contributed by atoms with van der Waals surface area (Å²) in [5.41, 5.74) is 7.05. The van der Waals surface area contributed by atoms with Gasteiger partial charge in [-0.05, 0) is 31.0 Å². The number of nitrogens with zero attached hydrogens (tertiary/aromatic N) is 4. The van der Waals surface area contributed by atoms with Gasteiger partial charge in [-0.2, -0.15) is 0 Å². The van der Waals surface area contributed by atoms with Gasteiger partial charge in [0.25, 0.3) is 5.56 Å². The number of benzene rings is 2. The average Bonchev–Trinajstić information content (AvgIpc) is 3.21. The quantitative estimate of drug-likeness (QED) is 0.319. The molecule has 31 heavy (non-hydrogen) atoms. The molecule has 9 heteroatoms. The molecule has 2 aromatic heterocycles. The van der Waals surface area contributed by atoms with E-state index in [0.29, 0.717) is 48.0 Å². The zero-order valence-electron chi connectivity index (χ0n) is 17.1. The molecule has 0 radical (unpaired) electrons. The molecular formula is C22H23N5O3S. The minimum Gasteiger partial charge on any atom is -0.382 e. The second-order valence-corrected chi connectivity index (χ2v) is 8.03. The summed E-state index contributed by atoms with van der Waals surface area (Å²) in [6.45, 7) is 3.56. The Labute approximate surface area is 183 Å². The van der Waals surface area contributed by atoms with Crippen molar-refractivity contribution in [3.8, 4) is 0 Å². The van der Waals surface area contributed by atoms with E-state index in [2.05, 4.69) is 10.2 Å².